The van der Waals surface area contributed by atoms with Gasteiger partial charge in [0, 0.05) is 32.6 Å². The van der Waals surface area contributed by atoms with Gasteiger partial charge in [-0.05, 0) is 32.1 Å². The largest absolute Gasteiger partial charge is 0.370 e. The van der Waals surface area contributed by atoms with Crippen LogP contribution in [0.15, 0.2) is 4.99 Å². The summed E-state index contributed by atoms with van der Waals surface area (Å²) in [4.78, 5) is 20.5. The molecule has 2 heterocycles. The van der Waals surface area contributed by atoms with Crippen molar-refractivity contribution in [2.75, 3.05) is 32.7 Å². The van der Waals surface area contributed by atoms with Crippen LogP contribution in [0, 0.1) is 0 Å². The molecule has 0 atom stereocenters. The van der Waals surface area contributed by atoms with E-state index in [1.165, 1.54) is 32.1 Å². The van der Waals surface area contributed by atoms with Gasteiger partial charge in [-0.25, -0.2) is 0 Å². The van der Waals surface area contributed by atoms with Crippen molar-refractivity contribution in [3.63, 3.8) is 0 Å². The number of halogens is 1. The van der Waals surface area contributed by atoms with E-state index in [2.05, 4.69) is 9.89 Å². The van der Waals surface area contributed by atoms with Crippen LogP contribution in [-0.4, -0.2) is 54.4 Å². The van der Waals surface area contributed by atoms with E-state index < -0.39 is 0 Å². The van der Waals surface area contributed by atoms with Crippen molar-refractivity contribution in [1.82, 2.24) is 9.80 Å². The number of guanidine groups is 1. The van der Waals surface area contributed by atoms with Gasteiger partial charge in [0.1, 0.15) is 0 Å². The number of carbonyl (C=O) groups excluding carboxylic acids is 1. The Morgan fingerprint density at radius 2 is 1.33 bits per heavy atom. The van der Waals surface area contributed by atoms with Gasteiger partial charge < -0.3 is 15.5 Å². The molecule has 2 aliphatic rings. The molecule has 5 nitrogen and oxygen atoms in total. The fourth-order valence-electron chi connectivity index (χ4n) is 2.97. The van der Waals surface area contributed by atoms with E-state index in [0.29, 0.717) is 18.9 Å². The summed E-state index contributed by atoms with van der Waals surface area (Å²) < 4.78 is 0. The summed E-state index contributed by atoms with van der Waals surface area (Å²) in [6.07, 6.45) is 9.01. The van der Waals surface area contributed by atoms with Crippen LogP contribution in [0.1, 0.15) is 51.4 Å². The zero-order valence-electron chi connectivity index (χ0n) is 12.9. The van der Waals surface area contributed by atoms with Gasteiger partial charge in [-0.15, -0.1) is 24.0 Å². The molecule has 0 spiro atoms. The molecule has 2 saturated heterocycles. The van der Waals surface area contributed by atoms with Gasteiger partial charge >= 0.3 is 0 Å². The van der Waals surface area contributed by atoms with Crippen molar-refractivity contribution in [3.8, 4) is 0 Å². The molecule has 0 bridgehead atoms. The van der Waals surface area contributed by atoms with Gasteiger partial charge in [-0.3, -0.25) is 9.79 Å². The summed E-state index contributed by atoms with van der Waals surface area (Å²) in [5.74, 6) is 0.857. The van der Waals surface area contributed by atoms with E-state index in [9.17, 15) is 4.79 Å². The van der Waals surface area contributed by atoms with Crippen molar-refractivity contribution < 1.29 is 4.79 Å². The second-order valence-electron chi connectivity index (χ2n) is 5.83. The van der Waals surface area contributed by atoms with Crippen LogP contribution in [0.25, 0.3) is 0 Å². The third kappa shape index (κ3) is 6.40. The summed E-state index contributed by atoms with van der Waals surface area (Å²) >= 11 is 0. The van der Waals surface area contributed by atoms with Crippen LogP contribution in [0.4, 0.5) is 0 Å². The minimum atomic E-state index is 0. The molecule has 2 aliphatic heterocycles. The number of carbonyl (C=O) groups is 1. The highest BCUT2D eigenvalue weighted by molar-refractivity contribution is 14.0. The maximum Gasteiger partial charge on any atom is 0.224 e. The summed E-state index contributed by atoms with van der Waals surface area (Å²) in [7, 11) is 0. The van der Waals surface area contributed by atoms with Crippen LogP contribution < -0.4 is 5.73 Å². The number of likely N-dealkylation sites (tertiary alicyclic amines) is 2. The molecule has 1 amide bonds. The normalized spacial score (nSPS) is 20.7. The second-order valence-corrected chi connectivity index (χ2v) is 5.83. The second kappa shape index (κ2) is 10.2. The van der Waals surface area contributed by atoms with E-state index in [4.69, 9.17) is 5.73 Å². The van der Waals surface area contributed by atoms with Crippen LogP contribution in [0.3, 0.4) is 0 Å². The molecule has 0 saturated carbocycles. The van der Waals surface area contributed by atoms with Crippen molar-refractivity contribution in [2.24, 2.45) is 10.7 Å². The molecule has 122 valence electrons. The minimum Gasteiger partial charge on any atom is -0.370 e. The smallest absolute Gasteiger partial charge is 0.224 e. The van der Waals surface area contributed by atoms with Crippen molar-refractivity contribution in [3.05, 3.63) is 0 Å². The molecule has 0 radical (unpaired) electrons. The number of piperidine rings is 1. The molecule has 2 rings (SSSR count). The van der Waals surface area contributed by atoms with E-state index in [1.54, 1.807) is 0 Å². The lowest BCUT2D eigenvalue weighted by atomic mass is 10.1. The van der Waals surface area contributed by atoms with Crippen molar-refractivity contribution in [1.29, 1.82) is 0 Å². The maximum atomic E-state index is 12.0. The number of nitrogens with two attached hydrogens (primary N) is 1. The molecule has 0 aliphatic carbocycles. The number of aliphatic imine (C=N–C) groups is 1. The number of nitrogens with zero attached hydrogens (tertiary/aromatic N) is 3. The predicted octanol–water partition coefficient (Wildman–Crippen LogP) is 2.20. The summed E-state index contributed by atoms with van der Waals surface area (Å²) in [6.45, 7) is 4.39. The van der Waals surface area contributed by atoms with E-state index >= 15 is 0 Å². The van der Waals surface area contributed by atoms with E-state index in [0.717, 1.165) is 39.0 Å². The summed E-state index contributed by atoms with van der Waals surface area (Å²) in [6, 6.07) is 0. The van der Waals surface area contributed by atoms with Gasteiger partial charge in [0.25, 0.3) is 0 Å². The molecular formula is C15H29IN4O. The maximum absolute atomic E-state index is 12.0. The highest BCUT2D eigenvalue weighted by Gasteiger charge is 2.16. The van der Waals surface area contributed by atoms with Gasteiger partial charge in [0.2, 0.25) is 5.91 Å². The minimum absolute atomic E-state index is 0. The van der Waals surface area contributed by atoms with Crippen LogP contribution >= 0.6 is 24.0 Å². The SMILES string of the molecule is I.NC(=NCCC(=O)N1CCCCC1)N1CCCCCC1. The third-order valence-electron chi connectivity index (χ3n) is 4.24. The first-order chi connectivity index (χ1) is 9.77. The molecule has 0 unspecified atom stereocenters. The molecule has 21 heavy (non-hydrogen) atoms. The zero-order valence-corrected chi connectivity index (χ0v) is 15.3. The van der Waals surface area contributed by atoms with Gasteiger partial charge in [-0.1, -0.05) is 12.8 Å². The molecule has 0 aromatic rings. The monoisotopic (exact) mass is 408 g/mol. The number of rotatable bonds is 3. The number of hydrogen-bond donors (Lipinski definition) is 1. The Morgan fingerprint density at radius 3 is 1.90 bits per heavy atom. The highest BCUT2D eigenvalue weighted by atomic mass is 127. The van der Waals surface area contributed by atoms with Gasteiger partial charge in [-0.2, -0.15) is 0 Å². The molecule has 0 aromatic heterocycles. The zero-order chi connectivity index (χ0) is 14.2. The Bertz CT molecular complexity index is 335. The lowest BCUT2D eigenvalue weighted by Crippen LogP contribution is -2.39. The standard InChI is InChI=1S/C15H28N4O.HI/c16-15(19-12-4-1-2-5-13-19)17-9-8-14(20)18-10-6-3-7-11-18;/h1-13H2,(H2,16,17);1H. The Labute approximate surface area is 145 Å². The highest BCUT2D eigenvalue weighted by Crippen LogP contribution is 2.11. The topological polar surface area (TPSA) is 61.9 Å². The van der Waals surface area contributed by atoms with Crippen molar-refractivity contribution in [2.45, 2.75) is 51.4 Å². The predicted molar refractivity (Wildman–Crippen MR) is 97.0 cm³/mol. The fourth-order valence-corrected chi connectivity index (χ4v) is 2.97. The van der Waals surface area contributed by atoms with Gasteiger partial charge in [0.15, 0.2) is 5.96 Å². The quantitative estimate of drug-likeness (QED) is 0.443. The number of amides is 1. The first-order valence-corrected chi connectivity index (χ1v) is 8.10. The Morgan fingerprint density at radius 1 is 0.857 bits per heavy atom. The van der Waals surface area contributed by atoms with Crippen molar-refractivity contribution >= 4 is 35.8 Å². The third-order valence-corrected chi connectivity index (χ3v) is 4.24. The molecule has 6 heteroatoms. The first kappa shape index (κ1) is 18.5. The first-order valence-electron chi connectivity index (χ1n) is 8.10. The number of hydrogen-bond acceptors (Lipinski definition) is 2. The van der Waals surface area contributed by atoms with Crippen LogP contribution in [-0.2, 0) is 4.79 Å². The van der Waals surface area contributed by atoms with E-state index in [1.807, 2.05) is 4.90 Å². The summed E-state index contributed by atoms with van der Waals surface area (Å²) in [5.41, 5.74) is 6.03. The Balaban J connectivity index is 0.00000220. The van der Waals surface area contributed by atoms with E-state index in [-0.39, 0.29) is 29.9 Å². The molecular weight excluding hydrogens is 379 g/mol. The van der Waals surface area contributed by atoms with Crippen LogP contribution in [0.2, 0.25) is 0 Å². The fraction of sp³-hybridized carbons (Fsp3) is 0.867. The lowest BCUT2D eigenvalue weighted by molar-refractivity contribution is -0.131. The average Bonchev–Trinajstić information content (AvgIpc) is 2.77. The Hall–Kier alpha value is -0.530. The molecule has 0 aromatic carbocycles. The average molecular weight is 408 g/mol. The van der Waals surface area contributed by atoms with Gasteiger partial charge in [0.05, 0.1) is 6.54 Å². The summed E-state index contributed by atoms with van der Waals surface area (Å²) in [5, 5.41) is 0. The Kier molecular flexibility index (Phi) is 9.03. The molecule has 2 fully saturated rings. The van der Waals surface area contributed by atoms with Crippen LogP contribution in [0.5, 0.6) is 0 Å². The lowest BCUT2D eigenvalue weighted by Gasteiger charge is -2.26. The molecule has 2 N–H and O–H groups in total.